The molecule has 2 aromatic rings. The van der Waals surface area contributed by atoms with Gasteiger partial charge in [-0.25, -0.2) is 4.39 Å². The zero-order chi connectivity index (χ0) is 47.7. The fourth-order valence-electron chi connectivity index (χ4n) is 5.34. The lowest BCUT2D eigenvalue weighted by Gasteiger charge is -2.10. The van der Waals surface area contributed by atoms with Gasteiger partial charge in [-0.2, -0.15) is 0 Å². The van der Waals surface area contributed by atoms with Crippen molar-refractivity contribution in [2.24, 2.45) is 5.92 Å². The quantitative estimate of drug-likeness (QED) is 0.0708. The smallest absolute Gasteiger partial charge is 0.131 e. The Bertz CT molecular complexity index is 1430. The molecule has 0 radical (unpaired) electrons. The number of halogens is 2. The average molecular weight is 897 g/mol. The minimum atomic E-state index is -0.242. The molecule has 346 valence electrons. The van der Waals surface area contributed by atoms with Crippen LogP contribution in [0.1, 0.15) is 238 Å². The van der Waals surface area contributed by atoms with E-state index < -0.39 is 0 Å². The Morgan fingerprint density at radius 1 is 0.717 bits per heavy atom. The summed E-state index contributed by atoms with van der Waals surface area (Å²) < 4.78 is 14.7. The second kappa shape index (κ2) is 54.1. The molecule has 2 aromatic carbocycles. The highest BCUT2D eigenvalue weighted by atomic mass is 79.9. The molecule has 0 fully saturated rings. The summed E-state index contributed by atoms with van der Waals surface area (Å²) >= 11 is 3.42. The number of unbranched alkanes of at least 4 members (excludes halogenated alkanes) is 6. The Labute approximate surface area is 385 Å². The van der Waals surface area contributed by atoms with Crippen LogP contribution in [0.2, 0.25) is 0 Å². The first kappa shape index (κ1) is 68.8. The van der Waals surface area contributed by atoms with Crippen molar-refractivity contribution < 1.29 is 4.39 Å². The summed E-state index contributed by atoms with van der Waals surface area (Å²) in [4.78, 5) is 0. The van der Waals surface area contributed by atoms with Crippen LogP contribution < -0.4 is 0 Å². The lowest BCUT2D eigenvalue weighted by molar-refractivity contribution is 0.554. The number of hydrogen-bond donors (Lipinski definition) is 1. The van der Waals surface area contributed by atoms with Gasteiger partial charge < -0.3 is 5.41 Å². The highest BCUT2D eigenvalue weighted by Gasteiger charge is 2.07. The minimum Gasteiger partial charge on any atom is -0.305 e. The van der Waals surface area contributed by atoms with E-state index in [0.29, 0.717) is 29.2 Å². The van der Waals surface area contributed by atoms with Crippen molar-refractivity contribution in [1.82, 2.24) is 0 Å². The van der Waals surface area contributed by atoms with Crippen molar-refractivity contribution in [3.8, 4) is 11.8 Å². The van der Waals surface area contributed by atoms with Gasteiger partial charge in [0.05, 0.1) is 4.48 Å². The summed E-state index contributed by atoms with van der Waals surface area (Å²) in [5.74, 6) is 6.28. The van der Waals surface area contributed by atoms with Gasteiger partial charge in [-0.3, -0.25) is 0 Å². The Hall–Kier alpha value is -2.96. The van der Waals surface area contributed by atoms with Gasteiger partial charge in [0.15, 0.2) is 0 Å². The highest BCUT2D eigenvalue weighted by Crippen LogP contribution is 2.21. The first-order chi connectivity index (χ1) is 28.9. The van der Waals surface area contributed by atoms with Crippen LogP contribution in [-0.4, -0.2) is 5.71 Å². The molecule has 1 N–H and O–H groups in total. The van der Waals surface area contributed by atoms with Crippen molar-refractivity contribution in [1.29, 1.82) is 5.41 Å². The number of rotatable bonds is 17. The van der Waals surface area contributed by atoms with E-state index in [1.54, 1.807) is 6.07 Å². The highest BCUT2D eigenvalue weighted by molar-refractivity contribution is 9.12. The van der Waals surface area contributed by atoms with Crippen LogP contribution in [-0.2, 0) is 6.42 Å². The number of nitrogens with one attached hydrogen (secondary N) is 1. The first-order valence-electron chi connectivity index (χ1n) is 24.1. The van der Waals surface area contributed by atoms with E-state index in [-0.39, 0.29) is 5.82 Å². The van der Waals surface area contributed by atoms with Crippen LogP contribution in [0.25, 0.3) is 11.1 Å². The molecule has 60 heavy (non-hydrogen) atoms. The molecule has 0 heterocycles. The fourth-order valence-corrected chi connectivity index (χ4v) is 5.67. The number of hydrogen-bond acceptors (Lipinski definition) is 1. The van der Waals surface area contributed by atoms with Crippen LogP contribution >= 0.6 is 15.9 Å². The second-order valence-corrected chi connectivity index (χ2v) is 14.3. The monoisotopic (exact) mass is 896 g/mol. The van der Waals surface area contributed by atoms with E-state index in [1.807, 2.05) is 101 Å². The third-order valence-corrected chi connectivity index (χ3v) is 9.43. The number of allylic oxidation sites excluding steroid dienone is 8. The lowest BCUT2D eigenvalue weighted by Crippen LogP contribution is -2.00. The van der Waals surface area contributed by atoms with E-state index in [4.69, 9.17) is 5.41 Å². The van der Waals surface area contributed by atoms with Gasteiger partial charge in [0.2, 0.25) is 0 Å². The summed E-state index contributed by atoms with van der Waals surface area (Å²) in [6.45, 7) is 41.5. The first-order valence-corrected chi connectivity index (χ1v) is 24.9. The average Bonchev–Trinajstić information content (AvgIpc) is 3.29. The van der Waals surface area contributed by atoms with Crippen molar-refractivity contribution in [2.45, 2.75) is 222 Å². The second-order valence-electron chi connectivity index (χ2n) is 13.5. The van der Waals surface area contributed by atoms with Crippen LogP contribution in [0, 0.1) is 29.0 Å². The molecule has 0 saturated carbocycles. The van der Waals surface area contributed by atoms with Gasteiger partial charge in [-0.1, -0.05) is 228 Å². The predicted octanol–water partition coefficient (Wildman–Crippen LogP) is 21.0. The zero-order valence-electron chi connectivity index (χ0n) is 43.4. The van der Waals surface area contributed by atoms with Gasteiger partial charge >= 0.3 is 0 Å². The maximum Gasteiger partial charge on any atom is 0.131 e. The maximum atomic E-state index is 13.8. The van der Waals surface area contributed by atoms with E-state index in [9.17, 15) is 4.39 Å². The molecule has 0 saturated heterocycles. The molecule has 1 nitrogen and oxygen atoms in total. The van der Waals surface area contributed by atoms with Crippen LogP contribution in [0.3, 0.4) is 0 Å². The summed E-state index contributed by atoms with van der Waals surface area (Å²) in [7, 11) is 0. The lowest BCUT2D eigenvalue weighted by atomic mass is 9.96. The van der Waals surface area contributed by atoms with Gasteiger partial charge in [0.25, 0.3) is 0 Å². The van der Waals surface area contributed by atoms with Gasteiger partial charge in [0, 0.05) is 11.3 Å². The molecular weight excluding hydrogens is 798 g/mol. The van der Waals surface area contributed by atoms with Crippen molar-refractivity contribution in [3.63, 3.8) is 0 Å². The van der Waals surface area contributed by atoms with Crippen LogP contribution in [0.15, 0.2) is 76.8 Å². The summed E-state index contributed by atoms with van der Waals surface area (Å²) in [6, 6.07) is 13.7. The number of benzene rings is 2. The molecule has 0 aliphatic carbocycles. The van der Waals surface area contributed by atoms with Crippen molar-refractivity contribution in [3.05, 3.63) is 105 Å². The van der Waals surface area contributed by atoms with E-state index in [0.717, 1.165) is 29.3 Å². The minimum absolute atomic E-state index is 0.242. The third kappa shape index (κ3) is 39.2. The molecule has 0 aliphatic heterocycles. The predicted molar refractivity (Wildman–Crippen MR) is 285 cm³/mol. The van der Waals surface area contributed by atoms with Gasteiger partial charge in [-0.05, 0) is 122 Å². The standard InChI is InChI=1S/C15H23Br.C14H18FN.C13H18.C7H16.4C2H6/c1-5-7-8-10-13(3)14(4)11-12-15(16)9-6-2;1-4-6-14(16)11-7-8-12(10(3)5-2)13(15)9-11;1-4-8-11(3)13-10-7-6-9-12(13)5-2;1-3-5-7-6-4-2;4*1-2/h11-13H,5,7-8,10H2,1-4H3;5,7-9,16H,4,6H2,1-3H3;6-10H,4-5H2,1-3H3;3-7H2,1-2H3;4*1-2H3/b14-11+,15-12+;10-5-,16-14?;11-8-;;;;;. The normalized spacial score (nSPS) is 11.0. The molecule has 1 atom stereocenters. The fraction of sp³-hybridized carbons (Fsp3) is 0.596. The SMILES string of the molecule is C/C=C(/C)c1ccc(C(=N)CCC)cc1F.CC.CC.CC.CC.CC#C/C(Br)=C\C=C(/C)C(C)CCCCC.CC/C=C(/C)c1ccccc1CC.CCCCCCC. The molecular formula is C57H99BrFN. The molecule has 2 rings (SSSR count). The van der Waals surface area contributed by atoms with Crippen LogP contribution in [0.5, 0.6) is 0 Å². The Balaban J connectivity index is -0.000000157. The summed E-state index contributed by atoms with van der Waals surface area (Å²) in [6.07, 6.45) is 24.5. The topological polar surface area (TPSA) is 23.9 Å². The Morgan fingerprint density at radius 2 is 1.25 bits per heavy atom. The van der Waals surface area contributed by atoms with Gasteiger partial charge in [0.1, 0.15) is 5.82 Å². The van der Waals surface area contributed by atoms with Crippen molar-refractivity contribution in [2.75, 3.05) is 0 Å². The number of aryl methyl sites for hydroxylation is 1. The molecule has 0 aromatic heterocycles. The molecule has 0 bridgehead atoms. The molecule has 0 amide bonds. The van der Waals surface area contributed by atoms with Crippen molar-refractivity contribution >= 4 is 32.8 Å². The molecule has 3 heteroatoms. The third-order valence-electron chi connectivity index (χ3n) is 8.97. The Kier molecular flexibility index (Phi) is 62.0. The molecule has 0 aliphatic rings. The maximum absolute atomic E-state index is 13.8. The molecule has 0 spiro atoms. The van der Waals surface area contributed by atoms with E-state index >= 15 is 0 Å². The summed E-state index contributed by atoms with van der Waals surface area (Å²) in [5.41, 5.74) is 8.43. The zero-order valence-corrected chi connectivity index (χ0v) is 45.0. The van der Waals surface area contributed by atoms with E-state index in [2.05, 4.69) is 120 Å². The molecule has 1 unspecified atom stereocenters. The van der Waals surface area contributed by atoms with E-state index in [1.165, 1.54) is 86.1 Å². The summed E-state index contributed by atoms with van der Waals surface area (Å²) in [5, 5.41) is 7.77. The van der Waals surface area contributed by atoms with Gasteiger partial charge in [-0.15, -0.1) is 5.92 Å². The largest absolute Gasteiger partial charge is 0.305 e. The Morgan fingerprint density at radius 3 is 1.70 bits per heavy atom. The van der Waals surface area contributed by atoms with Crippen LogP contribution in [0.4, 0.5) is 4.39 Å².